The third-order valence-corrected chi connectivity index (χ3v) is 4.58. The molecule has 110 valence electrons. The number of rotatable bonds is 4. The van der Waals surface area contributed by atoms with E-state index in [1.165, 1.54) is 12.1 Å². The predicted octanol–water partition coefficient (Wildman–Crippen LogP) is 3.79. The van der Waals surface area contributed by atoms with Gasteiger partial charge < -0.3 is 4.90 Å². The summed E-state index contributed by atoms with van der Waals surface area (Å²) in [6, 6.07) is 4.57. The van der Waals surface area contributed by atoms with Gasteiger partial charge in [-0.1, -0.05) is 29.0 Å². The Hall–Kier alpha value is -1.24. The third-order valence-electron chi connectivity index (χ3n) is 3.22. The van der Waals surface area contributed by atoms with Gasteiger partial charge in [-0.15, -0.1) is 10.2 Å². The van der Waals surface area contributed by atoms with Gasteiger partial charge in [0.05, 0.1) is 6.54 Å². The minimum absolute atomic E-state index is 0.0934. The standard InChI is InChI=1S/C13H10Cl2FN3OS/c14-9-2-1-3-10(16)8(9)6-19(7-4-5-7)12(20)11-17-18-13(15)21-11/h1-3,7H,4-6H2. The monoisotopic (exact) mass is 345 g/mol. The Morgan fingerprint density at radius 2 is 2.14 bits per heavy atom. The summed E-state index contributed by atoms with van der Waals surface area (Å²) in [6.45, 7) is 0.117. The molecule has 1 saturated carbocycles. The Bertz CT molecular complexity index is 670. The maximum Gasteiger partial charge on any atom is 0.285 e. The number of hydrogen-bond acceptors (Lipinski definition) is 4. The molecule has 0 aliphatic heterocycles. The van der Waals surface area contributed by atoms with Crippen molar-refractivity contribution in [2.75, 3.05) is 0 Å². The summed E-state index contributed by atoms with van der Waals surface area (Å²) >= 11 is 12.8. The van der Waals surface area contributed by atoms with Crippen LogP contribution in [-0.2, 0) is 6.54 Å². The van der Waals surface area contributed by atoms with E-state index in [0.717, 1.165) is 24.2 Å². The molecule has 0 N–H and O–H groups in total. The number of amides is 1. The summed E-state index contributed by atoms with van der Waals surface area (Å²) in [7, 11) is 0. The Labute approximate surface area is 134 Å². The average Bonchev–Trinajstić information content (AvgIpc) is 3.19. The van der Waals surface area contributed by atoms with Crippen LogP contribution in [0.3, 0.4) is 0 Å². The topological polar surface area (TPSA) is 46.1 Å². The molecule has 0 radical (unpaired) electrons. The summed E-state index contributed by atoms with van der Waals surface area (Å²) < 4.78 is 14.1. The smallest absolute Gasteiger partial charge is 0.285 e. The molecule has 1 aliphatic rings. The first kappa shape index (κ1) is 14.7. The van der Waals surface area contributed by atoms with Gasteiger partial charge in [-0.25, -0.2) is 4.39 Å². The quantitative estimate of drug-likeness (QED) is 0.846. The van der Waals surface area contributed by atoms with E-state index in [1.807, 2.05) is 0 Å². The normalized spacial score (nSPS) is 14.2. The second-order valence-corrected chi connectivity index (χ2v) is 6.69. The van der Waals surface area contributed by atoms with Crippen LogP contribution in [0.2, 0.25) is 9.49 Å². The molecule has 1 aromatic heterocycles. The Morgan fingerprint density at radius 1 is 1.38 bits per heavy atom. The molecule has 1 amide bonds. The number of hydrogen-bond donors (Lipinski definition) is 0. The lowest BCUT2D eigenvalue weighted by Gasteiger charge is -2.22. The Morgan fingerprint density at radius 3 is 2.71 bits per heavy atom. The van der Waals surface area contributed by atoms with E-state index < -0.39 is 5.82 Å². The van der Waals surface area contributed by atoms with Gasteiger partial charge in [0.15, 0.2) is 0 Å². The van der Waals surface area contributed by atoms with Gasteiger partial charge in [0, 0.05) is 16.6 Å². The molecule has 1 heterocycles. The Kier molecular flexibility index (Phi) is 4.10. The average molecular weight is 346 g/mol. The van der Waals surface area contributed by atoms with E-state index in [-0.39, 0.29) is 28.0 Å². The van der Waals surface area contributed by atoms with Gasteiger partial charge in [-0.2, -0.15) is 0 Å². The molecule has 1 aliphatic carbocycles. The minimum Gasteiger partial charge on any atom is -0.329 e. The minimum atomic E-state index is -0.420. The second kappa shape index (κ2) is 5.87. The number of halogens is 3. The predicted molar refractivity (Wildman–Crippen MR) is 79.2 cm³/mol. The van der Waals surface area contributed by atoms with Crippen molar-refractivity contribution in [2.45, 2.75) is 25.4 Å². The third kappa shape index (κ3) is 3.17. The van der Waals surface area contributed by atoms with Crippen LogP contribution >= 0.6 is 34.5 Å². The molecule has 1 fully saturated rings. The molecule has 0 atom stereocenters. The van der Waals surface area contributed by atoms with Gasteiger partial charge in [-0.05, 0) is 36.6 Å². The zero-order chi connectivity index (χ0) is 15.0. The largest absolute Gasteiger partial charge is 0.329 e. The van der Waals surface area contributed by atoms with Crippen LogP contribution in [0.15, 0.2) is 18.2 Å². The van der Waals surface area contributed by atoms with Crippen LogP contribution in [-0.4, -0.2) is 27.0 Å². The van der Waals surface area contributed by atoms with E-state index in [2.05, 4.69) is 10.2 Å². The summed E-state index contributed by atoms with van der Waals surface area (Å²) in [6.07, 6.45) is 1.79. The summed E-state index contributed by atoms with van der Waals surface area (Å²) in [5.41, 5.74) is 0.315. The lowest BCUT2D eigenvalue weighted by Crippen LogP contribution is -2.33. The molecule has 1 aromatic carbocycles. The van der Waals surface area contributed by atoms with Crippen molar-refractivity contribution in [3.8, 4) is 0 Å². The maximum absolute atomic E-state index is 13.9. The van der Waals surface area contributed by atoms with Gasteiger partial charge >= 0.3 is 0 Å². The van der Waals surface area contributed by atoms with E-state index in [0.29, 0.717) is 10.6 Å². The van der Waals surface area contributed by atoms with E-state index in [9.17, 15) is 9.18 Å². The molecular weight excluding hydrogens is 336 g/mol. The van der Waals surface area contributed by atoms with Gasteiger partial charge in [0.1, 0.15) is 5.82 Å². The maximum atomic E-state index is 13.9. The zero-order valence-corrected chi connectivity index (χ0v) is 13.1. The highest BCUT2D eigenvalue weighted by molar-refractivity contribution is 7.17. The highest BCUT2D eigenvalue weighted by Crippen LogP contribution is 2.32. The van der Waals surface area contributed by atoms with Crippen molar-refractivity contribution < 1.29 is 9.18 Å². The van der Waals surface area contributed by atoms with Crippen molar-refractivity contribution in [1.82, 2.24) is 15.1 Å². The molecule has 8 heteroatoms. The first-order valence-corrected chi connectivity index (χ1v) is 7.86. The highest BCUT2D eigenvalue weighted by atomic mass is 35.5. The van der Waals surface area contributed by atoms with Crippen LogP contribution < -0.4 is 0 Å². The van der Waals surface area contributed by atoms with Crippen molar-refractivity contribution in [2.24, 2.45) is 0 Å². The van der Waals surface area contributed by atoms with E-state index >= 15 is 0 Å². The fourth-order valence-electron chi connectivity index (χ4n) is 2.02. The van der Waals surface area contributed by atoms with Crippen molar-refractivity contribution in [3.05, 3.63) is 44.1 Å². The number of carbonyl (C=O) groups is 1. The molecule has 0 unspecified atom stereocenters. The van der Waals surface area contributed by atoms with Gasteiger partial charge in [0.2, 0.25) is 9.47 Å². The van der Waals surface area contributed by atoms with Crippen LogP contribution in [0.4, 0.5) is 4.39 Å². The fourth-order valence-corrected chi connectivity index (χ4v) is 3.03. The lowest BCUT2D eigenvalue weighted by atomic mass is 10.2. The zero-order valence-electron chi connectivity index (χ0n) is 10.7. The molecule has 0 bridgehead atoms. The van der Waals surface area contributed by atoms with Crippen molar-refractivity contribution in [1.29, 1.82) is 0 Å². The number of carbonyl (C=O) groups excluding carboxylic acids is 1. The molecule has 0 spiro atoms. The van der Waals surface area contributed by atoms with Gasteiger partial charge in [-0.3, -0.25) is 4.79 Å². The molecule has 21 heavy (non-hydrogen) atoms. The van der Waals surface area contributed by atoms with Gasteiger partial charge in [0.25, 0.3) is 5.91 Å². The second-order valence-electron chi connectivity index (χ2n) is 4.72. The van der Waals surface area contributed by atoms with Crippen LogP contribution in [0.1, 0.15) is 28.2 Å². The van der Waals surface area contributed by atoms with Crippen molar-refractivity contribution >= 4 is 40.4 Å². The molecular formula is C13H10Cl2FN3OS. The first-order valence-electron chi connectivity index (χ1n) is 6.29. The Balaban J connectivity index is 1.87. The summed E-state index contributed by atoms with van der Waals surface area (Å²) in [4.78, 5) is 14.1. The lowest BCUT2D eigenvalue weighted by molar-refractivity contribution is 0.0727. The van der Waals surface area contributed by atoms with Crippen LogP contribution in [0.25, 0.3) is 0 Å². The SMILES string of the molecule is O=C(c1nnc(Cl)s1)N(Cc1c(F)cccc1Cl)C1CC1. The molecule has 3 rings (SSSR count). The number of aromatic nitrogens is 2. The number of nitrogens with zero attached hydrogens (tertiary/aromatic N) is 3. The van der Waals surface area contributed by atoms with E-state index in [1.54, 1.807) is 11.0 Å². The van der Waals surface area contributed by atoms with Crippen LogP contribution in [0, 0.1) is 5.82 Å². The highest BCUT2D eigenvalue weighted by Gasteiger charge is 2.35. The molecule has 4 nitrogen and oxygen atoms in total. The van der Waals surface area contributed by atoms with E-state index in [4.69, 9.17) is 23.2 Å². The summed E-state index contributed by atoms with van der Waals surface area (Å²) in [5.74, 6) is -0.711. The number of benzene rings is 1. The molecule has 0 saturated heterocycles. The van der Waals surface area contributed by atoms with Crippen LogP contribution in [0.5, 0.6) is 0 Å². The molecule has 2 aromatic rings. The van der Waals surface area contributed by atoms with Crippen molar-refractivity contribution in [3.63, 3.8) is 0 Å². The first-order chi connectivity index (χ1) is 10.1. The fraction of sp³-hybridized carbons (Fsp3) is 0.308. The summed E-state index contributed by atoms with van der Waals surface area (Å²) in [5, 5.41) is 7.90.